The SMILES string of the molecule is CC(C(=O)Nc1cccc(F)c1)N(C)CCC(=O)O. The number of halogens is 1. The van der Waals surface area contributed by atoms with Crippen LogP contribution >= 0.6 is 0 Å². The van der Waals surface area contributed by atoms with E-state index in [4.69, 9.17) is 5.11 Å². The number of carboxylic acid groups (broad SMARTS) is 1. The van der Waals surface area contributed by atoms with Crippen LogP contribution in [0.1, 0.15) is 13.3 Å². The molecule has 1 unspecified atom stereocenters. The molecule has 6 heteroatoms. The van der Waals surface area contributed by atoms with Crippen LogP contribution in [0.3, 0.4) is 0 Å². The van der Waals surface area contributed by atoms with Crippen LogP contribution in [0.25, 0.3) is 0 Å². The van der Waals surface area contributed by atoms with Crippen molar-refractivity contribution >= 4 is 17.6 Å². The number of aliphatic carboxylic acids is 1. The van der Waals surface area contributed by atoms with Gasteiger partial charge in [0, 0.05) is 12.2 Å². The smallest absolute Gasteiger partial charge is 0.304 e. The van der Waals surface area contributed by atoms with Crippen LogP contribution in [0.5, 0.6) is 0 Å². The van der Waals surface area contributed by atoms with Crippen LogP contribution < -0.4 is 5.32 Å². The van der Waals surface area contributed by atoms with E-state index in [-0.39, 0.29) is 18.9 Å². The Hall–Kier alpha value is -1.95. The van der Waals surface area contributed by atoms with E-state index in [0.29, 0.717) is 5.69 Å². The van der Waals surface area contributed by atoms with E-state index in [1.54, 1.807) is 24.9 Å². The third-order valence-corrected chi connectivity index (χ3v) is 2.81. The summed E-state index contributed by atoms with van der Waals surface area (Å²) in [4.78, 5) is 24.0. The van der Waals surface area contributed by atoms with Crippen LogP contribution in [0.4, 0.5) is 10.1 Å². The molecule has 0 saturated heterocycles. The lowest BCUT2D eigenvalue weighted by atomic mass is 10.2. The second-order valence-corrected chi connectivity index (χ2v) is 4.30. The molecule has 2 N–H and O–H groups in total. The molecule has 0 bridgehead atoms. The molecular weight excluding hydrogens is 251 g/mol. The van der Waals surface area contributed by atoms with Gasteiger partial charge in [0.25, 0.3) is 0 Å². The summed E-state index contributed by atoms with van der Waals surface area (Å²) in [6.45, 7) is 1.93. The third-order valence-electron chi connectivity index (χ3n) is 2.81. The summed E-state index contributed by atoms with van der Waals surface area (Å²) in [7, 11) is 1.67. The number of likely N-dealkylation sites (N-methyl/N-ethyl adjacent to an activating group) is 1. The first kappa shape index (κ1) is 15.1. The maximum atomic E-state index is 13.0. The summed E-state index contributed by atoms with van der Waals surface area (Å²) in [5, 5.41) is 11.2. The van der Waals surface area contributed by atoms with Gasteiger partial charge >= 0.3 is 5.97 Å². The van der Waals surface area contributed by atoms with Crippen LogP contribution in [0.2, 0.25) is 0 Å². The molecule has 1 aromatic carbocycles. The average molecular weight is 268 g/mol. The average Bonchev–Trinajstić information content (AvgIpc) is 2.34. The van der Waals surface area contributed by atoms with Crippen molar-refractivity contribution < 1.29 is 19.1 Å². The maximum Gasteiger partial charge on any atom is 0.304 e. The second kappa shape index (κ2) is 6.84. The Morgan fingerprint density at radius 3 is 2.74 bits per heavy atom. The van der Waals surface area contributed by atoms with E-state index >= 15 is 0 Å². The number of benzene rings is 1. The number of rotatable bonds is 6. The number of anilines is 1. The Morgan fingerprint density at radius 1 is 1.47 bits per heavy atom. The normalized spacial score (nSPS) is 12.2. The first-order valence-electron chi connectivity index (χ1n) is 5.88. The summed E-state index contributed by atoms with van der Waals surface area (Å²) in [6, 6.07) is 5.11. The molecule has 0 aliphatic rings. The fraction of sp³-hybridized carbons (Fsp3) is 0.385. The van der Waals surface area contributed by atoms with E-state index in [9.17, 15) is 14.0 Å². The second-order valence-electron chi connectivity index (χ2n) is 4.30. The lowest BCUT2D eigenvalue weighted by Gasteiger charge is -2.23. The number of amides is 1. The third kappa shape index (κ3) is 5.05. The summed E-state index contributed by atoms with van der Waals surface area (Å²) in [5.74, 6) is -1.65. The topological polar surface area (TPSA) is 69.6 Å². The molecule has 1 atom stereocenters. The van der Waals surface area contributed by atoms with Gasteiger partial charge in [-0.2, -0.15) is 0 Å². The number of hydrogen-bond donors (Lipinski definition) is 2. The van der Waals surface area contributed by atoms with Crippen molar-refractivity contribution in [2.75, 3.05) is 18.9 Å². The molecule has 1 aromatic rings. The minimum Gasteiger partial charge on any atom is -0.481 e. The largest absolute Gasteiger partial charge is 0.481 e. The van der Waals surface area contributed by atoms with E-state index in [1.807, 2.05) is 0 Å². The molecule has 5 nitrogen and oxygen atoms in total. The Bertz CT molecular complexity index is 465. The number of nitrogens with one attached hydrogen (secondary N) is 1. The molecule has 0 aliphatic carbocycles. The van der Waals surface area contributed by atoms with E-state index in [2.05, 4.69) is 5.32 Å². The molecule has 1 amide bonds. The Morgan fingerprint density at radius 2 is 2.16 bits per heavy atom. The van der Waals surface area contributed by atoms with Crippen LogP contribution in [0.15, 0.2) is 24.3 Å². The van der Waals surface area contributed by atoms with Crippen molar-refractivity contribution in [1.82, 2.24) is 4.90 Å². The molecule has 1 rings (SSSR count). The zero-order chi connectivity index (χ0) is 14.4. The number of carbonyl (C=O) groups excluding carboxylic acids is 1. The molecule has 0 fully saturated rings. The Balaban J connectivity index is 2.54. The predicted octanol–water partition coefficient (Wildman–Crippen LogP) is 1.56. The van der Waals surface area contributed by atoms with Crippen molar-refractivity contribution in [1.29, 1.82) is 0 Å². The molecule has 19 heavy (non-hydrogen) atoms. The minimum absolute atomic E-state index is 0.0336. The van der Waals surface area contributed by atoms with Gasteiger partial charge in [-0.1, -0.05) is 6.07 Å². The first-order valence-corrected chi connectivity index (χ1v) is 5.88. The summed E-state index contributed by atoms with van der Waals surface area (Å²) >= 11 is 0. The molecule has 104 valence electrons. The van der Waals surface area contributed by atoms with Crippen LogP contribution in [-0.2, 0) is 9.59 Å². The van der Waals surface area contributed by atoms with Gasteiger partial charge < -0.3 is 10.4 Å². The van der Waals surface area contributed by atoms with Crippen molar-refractivity contribution in [2.24, 2.45) is 0 Å². The lowest BCUT2D eigenvalue weighted by molar-refractivity contribution is -0.137. The highest BCUT2D eigenvalue weighted by Gasteiger charge is 2.18. The van der Waals surface area contributed by atoms with E-state index in [0.717, 1.165) is 0 Å². The molecule has 0 spiro atoms. The number of carboxylic acids is 1. The van der Waals surface area contributed by atoms with Crippen molar-refractivity contribution in [2.45, 2.75) is 19.4 Å². The highest BCUT2D eigenvalue weighted by molar-refractivity contribution is 5.94. The van der Waals surface area contributed by atoms with Gasteiger partial charge in [0.15, 0.2) is 0 Å². The fourth-order valence-electron chi connectivity index (χ4n) is 1.48. The predicted molar refractivity (Wildman–Crippen MR) is 69.4 cm³/mol. The molecule has 0 saturated carbocycles. The van der Waals surface area contributed by atoms with Crippen LogP contribution in [-0.4, -0.2) is 41.5 Å². The van der Waals surface area contributed by atoms with Gasteiger partial charge in [-0.15, -0.1) is 0 Å². The maximum absolute atomic E-state index is 13.0. The monoisotopic (exact) mass is 268 g/mol. The molecule has 0 aromatic heterocycles. The van der Waals surface area contributed by atoms with Gasteiger partial charge in [-0.05, 0) is 32.2 Å². The number of carbonyl (C=O) groups is 2. The summed E-state index contributed by atoms with van der Waals surface area (Å²) in [5.41, 5.74) is 0.378. The fourth-order valence-corrected chi connectivity index (χ4v) is 1.48. The standard InChI is InChI=1S/C13H17FN2O3/c1-9(16(2)7-6-12(17)18)13(19)15-11-5-3-4-10(14)8-11/h3-5,8-9H,6-7H2,1-2H3,(H,15,19)(H,17,18). The Kier molecular flexibility index (Phi) is 5.44. The minimum atomic E-state index is -0.912. The first-order chi connectivity index (χ1) is 8.90. The zero-order valence-corrected chi connectivity index (χ0v) is 10.9. The lowest BCUT2D eigenvalue weighted by Crippen LogP contribution is -2.40. The van der Waals surface area contributed by atoms with Gasteiger partial charge in [0.2, 0.25) is 5.91 Å². The molecule has 0 heterocycles. The number of hydrogen-bond acceptors (Lipinski definition) is 3. The molecular formula is C13H17FN2O3. The van der Waals surface area contributed by atoms with E-state index in [1.165, 1.54) is 18.2 Å². The molecule has 0 aliphatic heterocycles. The van der Waals surface area contributed by atoms with Crippen molar-refractivity contribution in [3.63, 3.8) is 0 Å². The van der Waals surface area contributed by atoms with Gasteiger partial charge in [0.05, 0.1) is 12.5 Å². The zero-order valence-electron chi connectivity index (χ0n) is 10.9. The Labute approximate surface area is 111 Å². The summed E-state index contributed by atoms with van der Waals surface area (Å²) in [6.07, 6.45) is -0.0336. The van der Waals surface area contributed by atoms with Gasteiger partial charge in [-0.25, -0.2) is 4.39 Å². The van der Waals surface area contributed by atoms with Gasteiger partial charge in [0.1, 0.15) is 5.82 Å². The quantitative estimate of drug-likeness (QED) is 0.821. The highest BCUT2D eigenvalue weighted by Crippen LogP contribution is 2.10. The van der Waals surface area contributed by atoms with Crippen molar-refractivity contribution in [3.05, 3.63) is 30.1 Å². The van der Waals surface area contributed by atoms with Gasteiger partial charge in [-0.3, -0.25) is 14.5 Å². The molecule has 0 radical (unpaired) electrons. The van der Waals surface area contributed by atoms with E-state index < -0.39 is 17.8 Å². The number of nitrogens with zero attached hydrogens (tertiary/aromatic N) is 1. The summed E-state index contributed by atoms with van der Waals surface area (Å²) < 4.78 is 13.0. The van der Waals surface area contributed by atoms with Crippen molar-refractivity contribution in [3.8, 4) is 0 Å². The van der Waals surface area contributed by atoms with Crippen LogP contribution in [0, 0.1) is 5.82 Å². The highest BCUT2D eigenvalue weighted by atomic mass is 19.1.